The molecule has 1 saturated heterocycles. The van der Waals surface area contributed by atoms with Crippen molar-refractivity contribution < 1.29 is 14.3 Å². The fourth-order valence-electron chi connectivity index (χ4n) is 4.36. The van der Waals surface area contributed by atoms with Gasteiger partial charge in [-0.2, -0.15) is 0 Å². The highest BCUT2D eigenvalue weighted by Crippen LogP contribution is 2.37. The normalized spacial score (nSPS) is 15.9. The summed E-state index contributed by atoms with van der Waals surface area (Å²) in [6, 6.07) is 7.54. The van der Waals surface area contributed by atoms with E-state index in [-0.39, 0.29) is 18.6 Å². The van der Waals surface area contributed by atoms with Crippen molar-refractivity contribution in [3.05, 3.63) is 65.5 Å². The van der Waals surface area contributed by atoms with E-state index in [0.717, 1.165) is 47.2 Å². The van der Waals surface area contributed by atoms with Crippen molar-refractivity contribution >= 4 is 5.91 Å². The number of aryl methyl sites for hydroxylation is 3. The number of nitrogens with zero attached hydrogens (tertiary/aromatic N) is 4. The van der Waals surface area contributed by atoms with Crippen LogP contribution < -0.4 is 9.47 Å². The second-order valence-electron chi connectivity index (χ2n) is 8.45. The highest BCUT2D eigenvalue weighted by atomic mass is 16.5. The van der Waals surface area contributed by atoms with E-state index in [1.165, 1.54) is 0 Å². The van der Waals surface area contributed by atoms with Crippen molar-refractivity contribution in [1.82, 2.24) is 19.9 Å². The highest BCUT2D eigenvalue weighted by molar-refractivity contribution is 5.79. The van der Waals surface area contributed by atoms with E-state index in [4.69, 9.17) is 14.5 Å². The van der Waals surface area contributed by atoms with Crippen LogP contribution in [-0.4, -0.2) is 46.0 Å². The van der Waals surface area contributed by atoms with Gasteiger partial charge in [-0.05, 0) is 74.9 Å². The summed E-state index contributed by atoms with van der Waals surface area (Å²) in [5.41, 5.74) is 5.00. The number of hydrogen-bond donors (Lipinski definition) is 0. The van der Waals surface area contributed by atoms with Crippen molar-refractivity contribution in [3.63, 3.8) is 0 Å². The van der Waals surface area contributed by atoms with Gasteiger partial charge in [0, 0.05) is 30.7 Å². The zero-order valence-corrected chi connectivity index (χ0v) is 19.7. The molecule has 0 bridgehead atoms. The predicted octanol–water partition coefficient (Wildman–Crippen LogP) is 4.61. The third kappa shape index (κ3) is 4.97. The highest BCUT2D eigenvalue weighted by Gasteiger charge is 2.31. The van der Waals surface area contributed by atoms with Crippen LogP contribution in [-0.2, 0) is 4.79 Å². The lowest BCUT2D eigenvalue weighted by atomic mass is 9.92. The number of hydrogen-bond acceptors (Lipinski definition) is 6. The maximum Gasteiger partial charge on any atom is 0.261 e. The lowest BCUT2D eigenvalue weighted by molar-refractivity contribution is -0.137. The van der Waals surface area contributed by atoms with Crippen LogP contribution in [0.25, 0.3) is 11.1 Å². The summed E-state index contributed by atoms with van der Waals surface area (Å²) >= 11 is 0. The third-order valence-corrected chi connectivity index (χ3v) is 6.06. The smallest absolute Gasteiger partial charge is 0.261 e. The summed E-state index contributed by atoms with van der Waals surface area (Å²) in [4.78, 5) is 28.7. The summed E-state index contributed by atoms with van der Waals surface area (Å²) in [6.07, 6.45) is 8.34. The fraction of sp³-hybridized carbons (Fsp3) is 0.385. The van der Waals surface area contributed by atoms with Crippen molar-refractivity contribution in [2.45, 2.75) is 46.1 Å². The van der Waals surface area contributed by atoms with Crippen LogP contribution in [0.15, 0.2) is 42.9 Å². The average Bonchev–Trinajstić information content (AvgIpc) is 2.83. The molecule has 7 nitrogen and oxygen atoms in total. The Bertz CT molecular complexity index is 1150. The number of methoxy groups -OCH3 is 1. The molecule has 7 heteroatoms. The molecule has 33 heavy (non-hydrogen) atoms. The molecule has 1 aliphatic rings. The second-order valence-corrected chi connectivity index (χ2v) is 8.45. The molecule has 0 N–H and O–H groups in total. The van der Waals surface area contributed by atoms with Gasteiger partial charge < -0.3 is 14.4 Å². The molecule has 1 fully saturated rings. The molecule has 172 valence electrons. The number of pyridine rings is 1. The molecule has 1 aliphatic heterocycles. The lowest BCUT2D eigenvalue weighted by Crippen LogP contribution is -2.41. The quantitative estimate of drug-likeness (QED) is 0.551. The molecule has 0 saturated carbocycles. The predicted molar refractivity (Wildman–Crippen MR) is 126 cm³/mol. The Morgan fingerprint density at radius 2 is 1.94 bits per heavy atom. The first-order valence-electron chi connectivity index (χ1n) is 11.3. The molecule has 3 aromatic rings. The summed E-state index contributed by atoms with van der Waals surface area (Å²) in [7, 11) is 1.60. The average molecular weight is 447 g/mol. The number of ether oxygens (including phenoxy) is 2. The van der Waals surface area contributed by atoms with E-state index in [1.54, 1.807) is 13.3 Å². The third-order valence-electron chi connectivity index (χ3n) is 6.06. The molecule has 1 amide bonds. The Labute approximate surface area is 194 Å². The maximum absolute atomic E-state index is 13.3. The Morgan fingerprint density at radius 1 is 1.09 bits per heavy atom. The van der Waals surface area contributed by atoms with E-state index in [0.29, 0.717) is 23.9 Å². The van der Waals surface area contributed by atoms with Gasteiger partial charge in [0.05, 0.1) is 18.8 Å². The van der Waals surface area contributed by atoms with Crippen LogP contribution in [0.4, 0.5) is 0 Å². The second kappa shape index (κ2) is 9.98. The van der Waals surface area contributed by atoms with E-state index >= 15 is 0 Å². The molecule has 0 spiro atoms. The van der Waals surface area contributed by atoms with Crippen molar-refractivity contribution in [2.24, 2.45) is 0 Å². The number of carbonyl (C=O) groups is 1. The summed E-state index contributed by atoms with van der Waals surface area (Å²) in [6.45, 7) is 6.52. The lowest BCUT2D eigenvalue weighted by Gasteiger charge is -2.36. The first-order chi connectivity index (χ1) is 16.0. The molecule has 4 rings (SSSR count). The molecular weight excluding hydrogens is 416 g/mol. The van der Waals surface area contributed by atoms with Gasteiger partial charge >= 0.3 is 0 Å². The minimum Gasteiger partial charge on any atom is -0.493 e. The fourth-order valence-corrected chi connectivity index (χ4v) is 4.36. The van der Waals surface area contributed by atoms with Crippen LogP contribution >= 0.6 is 0 Å². The minimum absolute atomic E-state index is 0.0520. The molecule has 1 atom stereocenters. The summed E-state index contributed by atoms with van der Waals surface area (Å²) in [5, 5.41) is 0. The van der Waals surface area contributed by atoms with Crippen molar-refractivity contribution in [1.29, 1.82) is 0 Å². The van der Waals surface area contributed by atoms with Gasteiger partial charge in [0.15, 0.2) is 18.1 Å². The van der Waals surface area contributed by atoms with Gasteiger partial charge in [-0.1, -0.05) is 6.07 Å². The largest absolute Gasteiger partial charge is 0.493 e. The zero-order chi connectivity index (χ0) is 23.4. The molecule has 0 radical (unpaired) electrons. The van der Waals surface area contributed by atoms with E-state index in [2.05, 4.69) is 9.97 Å². The number of carbonyl (C=O) groups excluding carboxylic acids is 1. The maximum atomic E-state index is 13.3. The molecule has 0 aliphatic carbocycles. The van der Waals surface area contributed by atoms with Crippen molar-refractivity contribution in [3.8, 4) is 22.6 Å². The summed E-state index contributed by atoms with van der Waals surface area (Å²) in [5.74, 6) is 1.82. The number of aromatic nitrogens is 3. The van der Waals surface area contributed by atoms with Crippen LogP contribution in [0.5, 0.6) is 11.5 Å². The molecular formula is C26H30N4O3. The van der Waals surface area contributed by atoms with E-state index in [1.807, 2.05) is 62.3 Å². The monoisotopic (exact) mass is 446 g/mol. The number of likely N-dealkylation sites (tertiary alicyclic amines) is 1. The van der Waals surface area contributed by atoms with Gasteiger partial charge in [-0.25, -0.2) is 9.97 Å². The molecule has 0 unspecified atom stereocenters. The first kappa shape index (κ1) is 22.7. The standard InChI is InChI=1S/C26H30N4O3/c1-17-8-9-23(24(13-17)32-4)33-16-25(31)30-12-6-5-7-22(30)26-21(15-28-19(3)29-26)20-10-11-27-14-18(20)2/h8-11,13-15,22H,5-7,12,16H2,1-4H3/t22-/m1/s1. The van der Waals surface area contributed by atoms with Crippen LogP contribution in [0.3, 0.4) is 0 Å². The van der Waals surface area contributed by atoms with Gasteiger partial charge in [0.1, 0.15) is 5.82 Å². The number of amides is 1. The van der Waals surface area contributed by atoms with E-state index < -0.39 is 0 Å². The Hall–Kier alpha value is -3.48. The van der Waals surface area contributed by atoms with Gasteiger partial charge in [0.25, 0.3) is 5.91 Å². The minimum atomic E-state index is -0.126. The van der Waals surface area contributed by atoms with Crippen LogP contribution in [0, 0.1) is 20.8 Å². The van der Waals surface area contributed by atoms with Gasteiger partial charge in [-0.3, -0.25) is 9.78 Å². The Morgan fingerprint density at radius 3 is 2.73 bits per heavy atom. The van der Waals surface area contributed by atoms with Gasteiger partial charge in [-0.15, -0.1) is 0 Å². The Balaban J connectivity index is 1.61. The first-order valence-corrected chi connectivity index (χ1v) is 11.3. The number of benzene rings is 1. The SMILES string of the molecule is COc1cc(C)ccc1OCC(=O)N1CCCC[C@@H]1c1nc(C)ncc1-c1ccncc1C. The van der Waals surface area contributed by atoms with Crippen molar-refractivity contribution in [2.75, 3.05) is 20.3 Å². The van der Waals surface area contributed by atoms with E-state index in [9.17, 15) is 4.79 Å². The molecule has 2 aromatic heterocycles. The van der Waals surface area contributed by atoms with Crippen LogP contribution in [0.1, 0.15) is 47.9 Å². The van der Waals surface area contributed by atoms with Gasteiger partial charge in [0.2, 0.25) is 0 Å². The number of rotatable bonds is 6. The topological polar surface area (TPSA) is 77.4 Å². The molecule has 1 aromatic carbocycles. The van der Waals surface area contributed by atoms with Crippen LogP contribution in [0.2, 0.25) is 0 Å². The zero-order valence-electron chi connectivity index (χ0n) is 19.7. The molecule has 3 heterocycles. The number of piperidine rings is 1. The summed E-state index contributed by atoms with van der Waals surface area (Å²) < 4.78 is 11.3. The Kier molecular flexibility index (Phi) is 6.87.